The van der Waals surface area contributed by atoms with Crippen LogP contribution in [0, 0.1) is 11.6 Å². The summed E-state index contributed by atoms with van der Waals surface area (Å²) in [4.78, 5) is 25.3. The Morgan fingerprint density at radius 1 is 0.885 bits per heavy atom. The van der Waals surface area contributed by atoms with Crippen molar-refractivity contribution in [3.05, 3.63) is 71.3 Å². The lowest BCUT2D eigenvalue weighted by atomic mass is 10.1. The van der Waals surface area contributed by atoms with Crippen molar-refractivity contribution >= 4 is 11.8 Å². The van der Waals surface area contributed by atoms with E-state index in [4.69, 9.17) is 0 Å². The van der Waals surface area contributed by atoms with E-state index < -0.39 is 0 Å². The zero-order chi connectivity index (χ0) is 18.9. The molecule has 0 aliphatic rings. The lowest BCUT2D eigenvalue weighted by molar-refractivity contribution is -0.129. The Kier molecular flexibility index (Phi) is 7.26. The van der Waals surface area contributed by atoms with Gasteiger partial charge in [-0.15, -0.1) is 0 Å². The maximum atomic E-state index is 12.9. The zero-order valence-electron chi connectivity index (χ0n) is 14.7. The minimum absolute atomic E-state index is 0.113. The van der Waals surface area contributed by atoms with E-state index in [-0.39, 0.29) is 29.9 Å². The van der Waals surface area contributed by atoms with E-state index in [9.17, 15) is 18.4 Å². The summed E-state index contributed by atoms with van der Waals surface area (Å²) in [5.74, 6) is -0.908. The Balaban J connectivity index is 1.76. The monoisotopic (exact) mass is 360 g/mol. The van der Waals surface area contributed by atoms with Gasteiger partial charge in [-0.25, -0.2) is 8.78 Å². The first-order valence-corrected chi connectivity index (χ1v) is 8.45. The minimum Gasteiger partial charge on any atom is -0.352 e. The maximum Gasteiger partial charge on any atom is 0.222 e. The highest BCUT2D eigenvalue weighted by molar-refractivity contribution is 5.78. The third kappa shape index (κ3) is 6.63. The second-order valence-corrected chi connectivity index (χ2v) is 6.04. The van der Waals surface area contributed by atoms with Crippen molar-refractivity contribution in [2.45, 2.75) is 26.3 Å². The zero-order valence-corrected chi connectivity index (χ0v) is 14.7. The number of halogens is 2. The number of carbonyl (C=O) groups is 2. The van der Waals surface area contributed by atoms with Gasteiger partial charge in [-0.2, -0.15) is 0 Å². The van der Waals surface area contributed by atoms with Crippen molar-refractivity contribution in [2.75, 3.05) is 13.1 Å². The predicted molar refractivity (Wildman–Crippen MR) is 95.2 cm³/mol. The molecular weight excluding hydrogens is 338 g/mol. The molecule has 26 heavy (non-hydrogen) atoms. The van der Waals surface area contributed by atoms with Crippen LogP contribution in [0.1, 0.15) is 24.5 Å². The Morgan fingerprint density at radius 3 is 1.96 bits per heavy atom. The topological polar surface area (TPSA) is 49.4 Å². The van der Waals surface area contributed by atoms with Gasteiger partial charge in [0.15, 0.2) is 0 Å². The van der Waals surface area contributed by atoms with Crippen molar-refractivity contribution in [1.29, 1.82) is 0 Å². The van der Waals surface area contributed by atoms with Crippen molar-refractivity contribution in [1.82, 2.24) is 10.2 Å². The smallest absolute Gasteiger partial charge is 0.222 e. The molecule has 0 bridgehead atoms. The Hall–Kier alpha value is -2.76. The van der Waals surface area contributed by atoms with Crippen LogP contribution in [0.4, 0.5) is 8.78 Å². The standard InChI is InChI=1S/C20H22F2N2O2/c1-15(25)24(12-10-16-2-6-18(21)7-3-16)13-11-20(26)23-14-17-4-8-19(22)9-5-17/h2-9H,10-14H2,1H3,(H,23,26). The molecule has 2 amide bonds. The van der Waals surface area contributed by atoms with Crippen LogP contribution in [-0.4, -0.2) is 29.8 Å². The Labute approximate surface area is 151 Å². The van der Waals surface area contributed by atoms with Crippen LogP contribution in [0.3, 0.4) is 0 Å². The van der Waals surface area contributed by atoms with E-state index in [1.807, 2.05) is 0 Å². The number of nitrogens with one attached hydrogen (secondary N) is 1. The third-order valence-corrected chi connectivity index (χ3v) is 4.04. The molecule has 1 N–H and O–H groups in total. The predicted octanol–water partition coefficient (Wildman–Crippen LogP) is 3.06. The summed E-state index contributed by atoms with van der Waals surface area (Å²) in [6, 6.07) is 12.0. The number of rotatable bonds is 8. The second-order valence-electron chi connectivity index (χ2n) is 6.04. The third-order valence-electron chi connectivity index (χ3n) is 4.04. The van der Waals surface area contributed by atoms with Crippen molar-refractivity contribution in [3.8, 4) is 0 Å². The van der Waals surface area contributed by atoms with Crippen LogP contribution in [0.25, 0.3) is 0 Å². The van der Waals surface area contributed by atoms with Gasteiger partial charge >= 0.3 is 0 Å². The number of benzene rings is 2. The molecule has 6 heteroatoms. The molecular formula is C20H22F2N2O2. The van der Waals surface area contributed by atoms with Gasteiger partial charge in [-0.3, -0.25) is 9.59 Å². The van der Waals surface area contributed by atoms with Crippen LogP contribution in [0.15, 0.2) is 48.5 Å². The molecule has 0 atom stereocenters. The molecule has 138 valence electrons. The molecule has 2 rings (SSSR count). The van der Waals surface area contributed by atoms with Crippen LogP contribution < -0.4 is 5.32 Å². The van der Waals surface area contributed by atoms with E-state index in [0.717, 1.165) is 11.1 Å². The number of hydrogen-bond acceptors (Lipinski definition) is 2. The molecule has 0 saturated heterocycles. The Bertz CT molecular complexity index is 730. The van der Waals surface area contributed by atoms with E-state index in [2.05, 4.69) is 5.32 Å². The van der Waals surface area contributed by atoms with Gasteiger partial charge < -0.3 is 10.2 Å². The van der Waals surface area contributed by atoms with Crippen LogP contribution in [-0.2, 0) is 22.6 Å². The lowest BCUT2D eigenvalue weighted by Crippen LogP contribution is -2.35. The summed E-state index contributed by atoms with van der Waals surface area (Å²) in [6.07, 6.45) is 0.779. The average Bonchev–Trinajstić information content (AvgIpc) is 2.62. The van der Waals surface area contributed by atoms with Gasteiger partial charge in [0.2, 0.25) is 11.8 Å². The number of carbonyl (C=O) groups excluding carboxylic acids is 2. The van der Waals surface area contributed by atoms with Crippen molar-refractivity contribution < 1.29 is 18.4 Å². The summed E-state index contributed by atoms with van der Waals surface area (Å²) in [5, 5.41) is 2.75. The highest BCUT2D eigenvalue weighted by atomic mass is 19.1. The largest absolute Gasteiger partial charge is 0.352 e. The van der Waals surface area contributed by atoms with Gasteiger partial charge in [0.25, 0.3) is 0 Å². The lowest BCUT2D eigenvalue weighted by Gasteiger charge is -2.21. The van der Waals surface area contributed by atoms with Gasteiger partial charge in [0.1, 0.15) is 11.6 Å². The first kappa shape index (κ1) is 19.6. The highest BCUT2D eigenvalue weighted by Crippen LogP contribution is 2.06. The number of hydrogen-bond donors (Lipinski definition) is 1. The van der Waals surface area contributed by atoms with Crippen LogP contribution >= 0.6 is 0 Å². The molecule has 2 aromatic carbocycles. The average molecular weight is 360 g/mol. The summed E-state index contributed by atoms with van der Waals surface area (Å²) in [6.45, 7) is 2.55. The highest BCUT2D eigenvalue weighted by Gasteiger charge is 2.11. The molecule has 0 aromatic heterocycles. The molecule has 0 saturated carbocycles. The Morgan fingerprint density at radius 2 is 1.42 bits per heavy atom. The second kappa shape index (κ2) is 9.65. The summed E-state index contributed by atoms with van der Waals surface area (Å²) >= 11 is 0. The first-order chi connectivity index (χ1) is 12.4. The van der Waals surface area contributed by atoms with Crippen LogP contribution in [0.5, 0.6) is 0 Å². The van der Waals surface area contributed by atoms with Crippen molar-refractivity contribution in [2.24, 2.45) is 0 Å². The molecule has 0 unspecified atom stereocenters. The molecule has 2 aromatic rings. The fraction of sp³-hybridized carbons (Fsp3) is 0.300. The summed E-state index contributed by atoms with van der Waals surface area (Å²) in [7, 11) is 0. The molecule has 0 spiro atoms. The van der Waals surface area contributed by atoms with Gasteiger partial charge in [-0.05, 0) is 41.8 Å². The fourth-order valence-corrected chi connectivity index (χ4v) is 2.47. The maximum absolute atomic E-state index is 12.9. The van der Waals surface area contributed by atoms with Crippen LogP contribution in [0.2, 0.25) is 0 Å². The van der Waals surface area contributed by atoms with Gasteiger partial charge in [0, 0.05) is 33.0 Å². The summed E-state index contributed by atoms with van der Waals surface area (Å²) in [5.41, 5.74) is 1.73. The molecule has 0 fully saturated rings. The number of nitrogens with zero attached hydrogens (tertiary/aromatic N) is 1. The van der Waals surface area contributed by atoms with E-state index in [1.54, 1.807) is 29.2 Å². The first-order valence-electron chi connectivity index (χ1n) is 8.45. The molecule has 0 heterocycles. The van der Waals surface area contributed by atoms with E-state index >= 15 is 0 Å². The van der Waals surface area contributed by atoms with Crippen molar-refractivity contribution in [3.63, 3.8) is 0 Å². The molecule has 0 aliphatic carbocycles. The van der Waals surface area contributed by atoms with E-state index in [0.29, 0.717) is 26.1 Å². The normalized spacial score (nSPS) is 10.4. The SMILES string of the molecule is CC(=O)N(CCC(=O)NCc1ccc(F)cc1)CCc1ccc(F)cc1. The molecule has 4 nitrogen and oxygen atoms in total. The molecule has 0 aliphatic heterocycles. The summed E-state index contributed by atoms with van der Waals surface area (Å²) < 4.78 is 25.8. The number of amides is 2. The van der Waals surface area contributed by atoms with E-state index in [1.165, 1.54) is 31.2 Å². The minimum atomic E-state index is -0.321. The van der Waals surface area contributed by atoms with Gasteiger partial charge in [-0.1, -0.05) is 24.3 Å². The molecule has 0 radical (unpaired) electrons. The quantitative estimate of drug-likeness (QED) is 0.787. The fourth-order valence-electron chi connectivity index (χ4n) is 2.47. The van der Waals surface area contributed by atoms with Gasteiger partial charge in [0.05, 0.1) is 0 Å².